The monoisotopic (exact) mass is 712 g/mol. The minimum Gasteiger partial charge on any atom is -0.494 e. The van der Waals surface area contributed by atoms with Gasteiger partial charge in [0.15, 0.2) is 0 Å². The Morgan fingerprint density at radius 3 is 2.14 bits per heavy atom. The van der Waals surface area contributed by atoms with Crippen molar-refractivity contribution in [3.8, 4) is 11.5 Å². The molecule has 2 amide bonds. The second-order valence-electron chi connectivity index (χ2n) is 10.8. The number of rotatable bonds is 18. The van der Waals surface area contributed by atoms with Gasteiger partial charge in [-0.2, -0.15) is 5.10 Å². The molecule has 0 atom stereocenters. The van der Waals surface area contributed by atoms with Crippen LogP contribution in [0.4, 0.5) is 5.95 Å². The van der Waals surface area contributed by atoms with Crippen molar-refractivity contribution < 1.29 is 42.5 Å². The van der Waals surface area contributed by atoms with Crippen LogP contribution in [-0.2, 0) is 43.1 Å². The first kappa shape index (κ1) is 37.6. The van der Waals surface area contributed by atoms with Crippen molar-refractivity contribution in [2.75, 3.05) is 38.7 Å². The van der Waals surface area contributed by atoms with E-state index in [4.69, 9.17) is 24.5 Å². The van der Waals surface area contributed by atoms with Gasteiger partial charge in [0.2, 0.25) is 11.9 Å². The van der Waals surface area contributed by atoms with Crippen molar-refractivity contribution >= 4 is 48.4 Å². The summed E-state index contributed by atoms with van der Waals surface area (Å²) in [5.74, 6) is -1.64. The van der Waals surface area contributed by atoms with Gasteiger partial charge in [-0.1, -0.05) is 12.1 Å². The number of benzene rings is 2. The molecule has 2 aromatic heterocycles. The van der Waals surface area contributed by atoms with Crippen LogP contribution in [0.1, 0.15) is 52.9 Å². The number of nitrogens with zero attached hydrogens (tertiary/aromatic N) is 4. The second kappa shape index (κ2) is 16.9. The Balaban J connectivity index is 1.58. The summed E-state index contributed by atoms with van der Waals surface area (Å²) in [6.07, 6.45) is 0.432. The quantitative estimate of drug-likeness (QED) is 0.0862. The summed E-state index contributed by atoms with van der Waals surface area (Å²) in [7, 11) is -2.51. The molecule has 50 heavy (non-hydrogen) atoms. The molecule has 0 fully saturated rings. The summed E-state index contributed by atoms with van der Waals surface area (Å²) >= 11 is 0. The highest BCUT2D eigenvalue weighted by atomic mass is 31.2. The van der Waals surface area contributed by atoms with E-state index in [1.807, 2.05) is 6.92 Å². The first-order valence-electron chi connectivity index (χ1n) is 15.8. The third-order valence-corrected chi connectivity index (χ3v) is 8.84. The maximum Gasteiger partial charge on any atom is 0.391 e. The number of aromatic nitrogens is 4. The highest BCUT2D eigenvalue weighted by Crippen LogP contribution is 2.38. The van der Waals surface area contributed by atoms with E-state index in [9.17, 15) is 23.7 Å². The number of fused-ring (bicyclic) bond motifs is 1. The maximum atomic E-state index is 13.5. The Bertz CT molecular complexity index is 1880. The van der Waals surface area contributed by atoms with E-state index in [1.54, 1.807) is 60.4 Å². The lowest BCUT2D eigenvalue weighted by Gasteiger charge is -2.20. The molecular weight excluding hydrogens is 671 g/mol. The molecule has 18 heteroatoms. The van der Waals surface area contributed by atoms with E-state index in [1.165, 1.54) is 19.2 Å². The van der Waals surface area contributed by atoms with Crippen molar-refractivity contribution in [3.63, 3.8) is 0 Å². The Kier molecular flexibility index (Phi) is 12.7. The van der Waals surface area contributed by atoms with Crippen LogP contribution in [0.25, 0.3) is 11.0 Å². The fourth-order valence-electron chi connectivity index (χ4n) is 4.96. The molecule has 2 heterocycles. The zero-order valence-electron chi connectivity index (χ0n) is 28.5. The lowest BCUT2D eigenvalue weighted by Crippen LogP contribution is -2.34. The van der Waals surface area contributed by atoms with Crippen LogP contribution in [0.2, 0.25) is 0 Å². The molecule has 0 saturated heterocycles. The predicted octanol–water partition coefficient (Wildman–Crippen LogP) is 2.96. The Morgan fingerprint density at radius 2 is 1.58 bits per heavy atom. The highest BCUT2D eigenvalue weighted by molar-refractivity contribution is 7.55. The standard InChI is InChI=1S/C32H41N8O9P/c1-6-40-25(15-20(4)38-40)31(44)37-32-36-24-16-22(30(33)43)17-26(46-5)29(24)39(32)14-13-21-9-11-23(12-10-21)49-50(45,34-18-27(41)47-7-2)35-19-28(42)48-8-3/h9-12,15-17H,6-8,13-14,18-19H2,1-5H3,(H2,33,43)(H2,34,35,45)(H,36,37,44). The molecule has 2 aromatic carbocycles. The molecule has 0 aliphatic rings. The summed E-state index contributed by atoms with van der Waals surface area (Å²) in [5.41, 5.74) is 8.54. The third kappa shape index (κ3) is 9.46. The van der Waals surface area contributed by atoms with Gasteiger partial charge >= 0.3 is 19.6 Å². The smallest absolute Gasteiger partial charge is 0.391 e. The average Bonchev–Trinajstić information content (AvgIpc) is 3.65. The summed E-state index contributed by atoms with van der Waals surface area (Å²) in [6, 6.07) is 11.4. The third-order valence-electron chi connectivity index (χ3n) is 7.23. The van der Waals surface area contributed by atoms with Crippen molar-refractivity contribution in [3.05, 3.63) is 65.0 Å². The van der Waals surface area contributed by atoms with E-state index in [-0.39, 0.29) is 30.5 Å². The van der Waals surface area contributed by atoms with Crippen LogP contribution < -0.4 is 30.5 Å². The van der Waals surface area contributed by atoms with E-state index >= 15 is 0 Å². The van der Waals surface area contributed by atoms with Gasteiger partial charge in [0.25, 0.3) is 5.91 Å². The Hall–Kier alpha value is -5.25. The predicted molar refractivity (Wildman–Crippen MR) is 183 cm³/mol. The number of nitrogens with one attached hydrogen (secondary N) is 3. The van der Waals surface area contributed by atoms with Crippen LogP contribution >= 0.6 is 7.67 Å². The number of carbonyl (C=O) groups excluding carboxylic acids is 4. The summed E-state index contributed by atoms with van der Waals surface area (Å²) in [4.78, 5) is 53.9. The topological polar surface area (TPSA) is 220 Å². The van der Waals surface area contributed by atoms with Crippen molar-refractivity contribution in [1.29, 1.82) is 0 Å². The van der Waals surface area contributed by atoms with Gasteiger partial charge in [0.05, 0.1) is 31.5 Å². The molecule has 268 valence electrons. The minimum atomic E-state index is -3.97. The molecule has 4 aromatic rings. The Labute approximate surface area is 288 Å². The van der Waals surface area contributed by atoms with Gasteiger partial charge in [-0.05, 0) is 70.0 Å². The number of ether oxygens (including phenoxy) is 3. The summed E-state index contributed by atoms with van der Waals surface area (Å²) in [5, 5.41) is 12.3. The molecule has 0 aliphatic carbocycles. The van der Waals surface area contributed by atoms with Gasteiger partial charge in [0, 0.05) is 18.7 Å². The number of amides is 2. The second-order valence-corrected chi connectivity index (χ2v) is 12.7. The number of anilines is 1. The van der Waals surface area contributed by atoms with E-state index in [2.05, 4.69) is 25.6 Å². The lowest BCUT2D eigenvalue weighted by molar-refractivity contribution is -0.142. The number of primary amides is 1. The number of methoxy groups -OCH3 is 1. The number of carbonyl (C=O) groups is 4. The molecule has 0 bridgehead atoms. The molecule has 17 nitrogen and oxygen atoms in total. The fourth-order valence-corrected chi connectivity index (χ4v) is 6.30. The van der Waals surface area contributed by atoms with Crippen LogP contribution in [0.3, 0.4) is 0 Å². The Morgan fingerprint density at radius 1 is 0.940 bits per heavy atom. The zero-order chi connectivity index (χ0) is 36.4. The van der Waals surface area contributed by atoms with E-state index < -0.39 is 44.5 Å². The molecule has 0 unspecified atom stereocenters. The van der Waals surface area contributed by atoms with Crippen LogP contribution in [0.15, 0.2) is 42.5 Å². The number of hydrogen-bond donors (Lipinski definition) is 4. The number of esters is 2. The maximum absolute atomic E-state index is 13.5. The summed E-state index contributed by atoms with van der Waals surface area (Å²) in [6.45, 7) is 7.17. The molecule has 0 saturated carbocycles. The molecule has 5 N–H and O–H groups in total. The molecular formula is C32H41N8O9P. The van der Waals surface area contributed by atoms with E-state index in [0.29, 0.717) is 47.7 Å². The van der Waals surface area contributed by atoms with Gasteiger partial charge in [-0.15, -0.1) is 0 Å². The SMILES string of the molecule is CCOC(=O)CNP(=O)(NCC(=O)OCC)Oc1ccc(CCn2c(NC(=O)c3cc(C)nn3CC)nc3cc(C(N)=O)cc(OC)c32)cc1. The zero-order valence-corrected chi connectivity index (χ0v) is 29.4. The lowest BCUT2D eigenvalue weighted by atomic mass is 10.1. The van der Waals surface area contributed by atoms with Crippen LogP contribution in [0.5, 0.6) is 11.5 Å². The van der Waals surface area contributed by atoms with Crippen molar-refractivity contribution in [2.45, 2.75) is 47.2 Å². The molecule has 0 aliphatic heterocycles. The number of imidazole rings is 1. The van der Waals surface area contributed by atoms with Crippen LogP contribution in [-0.4, -0.2) is 76.5 Å². The molecule has 0 spiro atoms. The molecule has 4 rings (SSSR count). The van der Waals surface area contributed by atoms with Crippen molar-refractivity contribution in [2.24, 2.45) is 5.73 Å². The van der Waals surface area contributed by atoms with Gasteiger partial charge in [-0.3, -0.25) is 29.2 Å². The largest absolute Gasteiger partial charge is 0.494 e. The van der Waals surface area contributed by atoms with Gasteiger partial charge in [-0.25, -0.2) is 19.7 Å². The first-order valence-corrected chi connectivity index (χ1v) is 17.5. The van der Waals surface area contributed by atoms with Gasteiger partial charge in [0.1, 0.15) is 35.8 Å². The fraction of sp³-hybridized carbons (Fsp3) is 0.375. The normalized spacial score (nSPS) is 11.3. The number of nitrogens with two attached hydrogens (primary N) is 1. The minimum absolute atomic E-state index is 0.136. The molecule has 0 radical (unpaired) electrons. The first-order chi connectivity index (χ1) is 23.9. The van der Waals surface area contributed by atoms with Crippen molar-refractivity contribution in [1.82, 2.24) is 29.5 Å². The number of hydrogen-bond acceptors (Lipinski definition) is 11. The highest BCUT2D eigenvalue weighted by Gasteiger charge is 2.27. The van der Waals surface area contributed by atoms with Crippen LogP contribution in [0, 0.1) is 6.92 Å². The summed E-state index contributed by atoms with van der Waals surface area (Å²) < 4.78 is 38.0. The number of aryl methyl sites for hydroxylation is 4. The average molecular weight is 713 g/mol. The van der Waals surface area contributed by atoms with E-state index in [0.717, 1.165) is 5.56 Å². The van der Waals surface area contributed by atoms with Gasteiger partial charge < -0.3 is 29.0 Å².